The minimum atomic E-state index is -0.471. The van der Waals surface area contributed by atoms with Gasteiger partial charge in [0, 0.05) is 37.2 Å². The van der Waals surface area contributed by atoms with E-state index in [1.165, 1.54) is 23.8 Å². The Morgan fingerprint density at radius 1 is 1.16 bits per heavy atom. The second kappa shape index (κ2) is 8.62. The number of carbonyl (C=O) groups is 1. The van der Waals surface area contributed by atoms with Gasteiger partial charge in [0.15, 0.2) is 0 Å². The summed E-state index contributed by atoms with van der Waals surface area (Å²) >= 11 is 6.09. The van der Waals surface area contributed by atoms with Gasteiger partial charge in [-0.2, -0.15) is 0 Å². The maximum Gasteiger partial charge on any atom is 0.269 e. The van der Waals surface area contributed by atoms with Crippen LogP contribution >= 0.6 is 11.6 Å². The summed E-state index contributed by atoms with van der Waals surface area (Å²) < 4.78 is 0. The highest BCUT2D eigenvalue weighted by Gasteiger charge is 2.14. The lowest BCUT2D eigenvalue weighted by Crippen LogP contribution is -2.26. The summed E-state index contributed by atoms with van der Waals surface area (Å²) in [6.07, 6.45) is 2.04. The van der Waals surface area contributed by atoms with E-state index in [1.807, 2.05) is 12.1 Å². The molecule has 0 saturated carbocycles. The summed E-state index contributed by atoms with van der Waals surface area (Å²) in [6, 6.07) is 12.5. The third-order valence-electron chi connectivity index (χ3n) is 4.13. The average molecular weight is 361 g/mol. The first-order chi connectivity index (χ1) is 11.9. The van der Waals surface area contributed by atoms with Gasteiger partial charge in [0.2, 0.25) is 5.91 Å². The van der Waals surface area contributed by atoms with Gasteiger partial charge >= 0.3 is 0 Å². The molecule has 0 aliphatic rings. The molecule has 2 aromatic rings. The molecule has 0 aliphatic carbocycles. The second-order valence-corrected chi connectivity index (χ2v) is 6.36. The lowest BCUT2D eigenvalue weighted by molar-refractivity contribution is -0.384. The molecule has 6 heteroatoms. The minimum Gasteiger partial charge on any atom is -0.341 e. The van der Waals surface area contributed by atoms with Crippen molar-refractivity contribution >= 4 is 23.2 Å². The summed E-state index contributed by atoms with van der Waals surface area (Å²) in [7, 11) is 1.68. The third kappa shape index (κ3) is 5.29. The van der Waals surface area contributed by atoms with Crippen LogP contribution in [-0.4, -0.2) is 22.8 Å². The molecule has 5 nitrogen and oxygen atoms in total. The summed E-state index contributed by atoms with van der Waals surface area (Å²) in [5.41, 5.74) is 2.93. The van der Waals surface area contributed by atoms with Gasteiger partial charge in [-0.3, -0.25) is 14.9 Å². The third-order valence-corrected chi connectivity index (χ3v) is 4.50. The van der Waals surface area contributed by atoms with E-state index in [9.17, 15) is 14.9 Å². The lowest BCUT2D eigenvalue weighted by atomic mass is 10.1. The first-order valence-corrected chi connectivity index (χ1v) is 8.53. The van der Waals surface area contributed by atoms with Crippen LogP contribution in [0.1, 0.15) is 30.0 Å². The normalized spacial score (nSPS) is 10.5. The topological polar surface area (TPSA) is 63.5 Å². The van der Waals surface area contributed by atoms with Crippen LogP contribution in [0, 0.1) is 10.1 Å². The van der Waals surface area contributed by atoms with Crippen LogP contribution in [0.5, 0.6) is 0 Å². The quantitative estimate of drug-likeness (QED) is 0.543. The Balaban J connectivity index is 1.95. The molecule has 0 radical (unpaired) electrons. The van der Waals surface area contributed by atoms with Gasteiger partial charge in [-0.05, 0) is 35.6 Å². The average Bonchev–Trinajstić information content (AvgIpc) is 2.61. The summed E-state index contributed by atoms with van der Waals surface area (Å²) in [6.45, 7) is 2.35. The molecule has 1 amide bonds. The molecule has 0 unspecified atom stereocenters. The number of rotatable bonds is 7. The van der Waals surface area contributed by atoms with Crippen LogP contribution in [0.25, 0.3) is 0 Å². The predicted molar refractivity (Wildman–Crippen MR) is 98.7 cm³/mol. The van der Waals surface area contributed by atoms with Crippen LogP contribution in [0.3, 0.4) is 0 Å². The van der Waals surface area contributed by atoms with E-state index in [0.29, 0.717) is 23.4 Å². The number of amides is 1. The van der Waals surface area contributed by atoms with Gasteiger partial charge in [-0.25, -0.2) is 0 Å². The van der Waals surface area contributed by atoms with Crippen LogP contribution < -0.4 is 0 Å². The highest BCUT2D eigenvalue weighted by molar-refractivity contribution is 6.31. The molecule has 2 rings (SSSR count). The Morgan fingerprint density at radius 3 is 2.40 bits per heavy atom. The van der Waals surface area contributed by atoms with Gasteiger partial charge < -0.3 is 4.90 Å². The zero-order chi connectivity index (χ0) is 18.4. The summed E-state index contributed by atoms with van der Waals surface area (Å²) in [5.74, 6) is -0.0258. The summed E-state index contributed by atoms with van der Waals surface area (Å²) in [5, 5.41) is 11.3. The fourth-order valence-electron chi connectivity index (χ4n) is 2.52. The first-order valence-electron chi connectivity index (χ1n) is 8.15. The van der Waals surface area contributed by atoms with Crippen LogP contribution in [-0.2, 0) is 24.2 Å². The number of nitro benzene ring substituents is 1. The Bertz CT molecular complexity index is 760. The number of carbonyl (C=O) groups excluding carboxylic acids is 1. The monoisotopic (exact) mass is 360 g/mol. The van der Waals surface area contributed by atoms with E-state index in [2.05, 4.69) is 19.1 Å². The highest BCUT2D eigenvalue weighted by atomic mass is 35.5. The van der Waals surface area contributed by atoms with Gasteiger partial charge in [0.25, 0.3) is 5.69 Å². The molecule has 132 valence electrons. The lowest BCUT2D eigenvalue weighted by Gasteiger charge is -2.18. The maximum atomic E-state index is 12.3. The zero-order valence-corrected chi connectivity index (χ0v) is 15.1. The zero-order valence-electron chi connectivity index (χ0n) is 14.4. The molecule has 0 bridgehead atoms. The van der Waals surface area contributed by atoms with E-state index in [1.54, 1.807) is 11.9 Å². The SMILES string of the molecule is CCc1ccc(CCC(=O)N(C)Cc2cc([N+](=O)[O-])ccc2Cl)cc1. The molecule has 0 saturated heterocycles. The van der Waals surface area contributed by atoms with Crippen molar-refractivity contribution in [1.29, 1.82) is 0 Å². The van der Waals surface area contributed by atoms with Crippen molar-refractivity contribution in [3.05, 3.63) is 74.3 Å². The number of aryl methyl sites for hydroxylation is 2. The van der Waals surface area contributed by atoms with Crippen molar-refractivity contribution in [1.82, 2.24) is 4.90 Å². The number of nitrogens with zero attached hydrogens (tertiary/aromatic N) is 2. The largest absolute Gasteiger partial charge is 0.341 e. The van der Waals surface area contributed by atoms with Crippen molar-refractivity contribution in [2.75, 3.05) is 7.05 Å². The number of nitro groups is 1. The van der Waals surface area contributed by atoms with Gasteiger partial charge in [-0.1, -0.05) is 42.8 Å². The fraction of sp³-hybridized carbons (Fsp3) is 0.316. The van der Waals surface area contributed by atoms with E-state index in [4.69, 9.17) is 11.6 Å². The first kappa shape index (κ1) is 18.9. The van der Waals surface area contributed by atoms with Gasteiger partial charge in [0.1, 0.15) is 0 Å². The van der Waals surface area contributed by atoms with Crippen molar-refractivity contribution in [3.63, 3.8) is 0 Å². The second-order valence-electron chi connectivity index (χ2n) is 5.95. The molecule has 0 heterocycles. The molecule has 0 N–H and O–H groups in total. The molecule has 25 heavy (non-hydrogen) atoms. The Morgan fingerprint density at radius 2 is 1.80 bits per heavy atom. The predicted octanol–water partition coefficient (Wildman–Crippen LogP) is 4.40. The molecule has 0 spiro atoms. The number of benzene rings is 2. The molecule has 2 aromatic carbocycles. The van der Waals surface area contributed by atoms with Crippen molar-refractivity contribution in [2.45, 2.75) is 32.7 Å². The van der Waals surface area contributed by atoms with Crippen molar-refractivity contribution < 1.29 is 9.72 Å². The standard InChI is InChI=1S/C19H21ClN2O3/c1-3-14-4-6-15(7-5-14)8-11-19(23)21(2)13-16-12-17(22(24)25)9-10-18(16)20/h4-7,9-10,12H,3,8,11,13H2,1-2H3. The van der Waals surface area contributed by atoms with Crippen LogP contribution in [0.2, 0.25) is 5.02 Å². The molecular formula is C19H21ClN2O3. The van der Waals surface area contributed by atoms with Gasteiger partial charge in [-0.15, -0.1) is 0 Å². The van der Waals surface area contributed by atoms with Gasteiger partial charge in [0.05, 0.1) is 4.92 Å². The van der Waals surface area contributed by atoms with E-state index >= 15 is 0 Å². The Labute approximate surface area is 152 Å². The number of halogens is 1. The van der Waals surface area contributed by atoms with E-state index < -0.39 is 4.92 Å². The molecule has 0 atom stereocenters. The molecular weight excluding hydrogens is 340 g/mol. The fourth-order valence-corrected chi connectivity index (χ4v) is 2.70. The van der Waals surface area contributed by atoms with Crippen molar-refractivity contribution in [2.24, 2.45) is 0 Å². The molecule has 0 fully saturated rings. The van der Waals surface area contributed by atoms with E-state index in [-0.39, 0.29) is 18.1 Å². The highest BCUT2D eigenvalue weighted by Crippen LogP contribution is 2.23. The van der Waals surface area contributed by atoms with Crippen LogP contribution in [0.4, 0.5) is 5.69 Å². The smallest absolute Gasteiger partial charge is 0.269 e. The van der Waals surface area contributed by atoms with Crippen LogP contribution in [0.15, 0.2) is 42.5 Å². The summed E-state index contributed by atoms with van der Waals surface area (Å²) in [4.78, 5) is 24.3. The minimum absolute atomic E-state index is 0.0258. The number of hydrogen-bond acceptors (Lipinski definition) is 3. The number of non-ortho nitro benzene ring substituents is 1. The Kier molecular flexibility index (Phi) is 6.53. The van der Waals surface area contributed by atoms with Crippen molar-refractivity contribution in [3.8, 4) is 0 Å². The number of hydrogen-bond donors (Lipinski definition) is 0. The Hall–Kier alpha value is -2.40. The molecule has 0 aromatic heterocycles. The van der Waals surface area contributed by atoms with E-state index in [0.717, 1.165) is 12.0 Å². The maximum absolute atomic E-state index is 12.3. The molecule has 0 aliphatic heterocycles.